The molecule has 1 aromatic rings. The molecule has 2 amide bonds. The number of benzene rings is 1. The van der Waals surface area contributed by atoms with Crippen molar-refractivity contribution in [3.63, 3.8) is 0 Å². The lowest BCUT2D eigenvalue weighted by atomic mass is 9.72. The van der Waals surface area contributed by atoms with Gasteiger partial charge in [-0.15, -0.1) is 0 Å². The van der Waals surface area contributed by atoms with Crippen LogP contribution in [0, 0.1) is 12.3 Å². The fourth-order valence-electron chi connectivity index (χ4n) is 3.98. The molecule has 0 unspecified atom stereocenters. The van der Waals surface area contributed by atoms with E-state index >= 15 is 0 Å². The number of amides is 2. The summed E-state index contributed by atoms with van der Waals surface area (Å²) in [7, 11) is 0. The third-order valence-electron chi connectivity index (χ3n) is 5.71. The first kappa shape index (κ1) is 16.8. The largest absolute Gasteiger partial charge is 0.507 e. The van der Waals surface area contributed by atoms with Crippen molar-refractivity contribution in [2.45, 2.75) is 39.5 Å². The van der Waals surface area contributed by atoms with E-state index < -0.39 is 0 Å². The number of para-hydroxylation sites is 1. The minimum atomic E-state index is -0.0923. The summed E-state index contributed by atoms with van der Waals surface area (Å²) in [5, 5.41) is 10.1. The molecule has 2 fully saturated rings. The van der Waals surface area contributed by atoms with Crippen LogP contribution in [0.25, 0.3) is 0 Å². The van der Waals surface area contributed by atoms with Gasteiger partial charge in [-0.2, -0.15) is 0 Å². The molecule has 5 heteroatoms. The highest BCUT2D eigenvalue weighted by Crippen LogP contribution is 2.40. The number of carbonyl (C=O) groups is 2. The molecule has 0 saturated carbocycles. The Kier molecular flexibility index (Phi) is 4.52. The highest BCUT2D eigenvalue weighted by Gasteiger charge is 2.41. The number of nitrogens with zero attached hydrogens (tertiary/aromatic N) is 2. The summed E-state index contributed by atoms with van der Waals surface area (Å²) < 4.78 is 0. The molecule has 2 aliphatic heterocycles. The number of piperidine rings is 2. The Morgan fingerprint density at radius 1 is 1.25 bits per heavy atom. The normalized spacial score (nSPS) is 20.5. The van der Waals surface area contributed by atoms with Gasteiger partial charge in [-0.1, -0.05) is 12.1 Å². The monoisotopic (exact) mass is 330 g/mol. The van der Waals surface area contributed by atoms with Crippen LogP contribution >= 0.6 is 0 Å². The van der Waals surface area contributed by atoms with E-state index in [1.807, 2.05) is 16.7 Å². The molecule has 0 aromatic heterocycles. The molecule has 2 heterocycles. The van der Waals surface area contributed by atoms with Crippen LogP contribution in [0.5, 0.6) is 5.75 Å². The van der Waals surface area contributed by atoms with Crippen LogP contribution in [-0.2, 0) is 4.79 Å². The van der Waals surface area contributed by atoms with Crippen molar-refractivity contribution in [2.24, 2.45) is 5.41 Å². The highest BCUT2D eigenvalue weighted by molar-refractivity contribution is 5.97. The third-order valence-corrected chi connectivity index (χ3v) is 5.71. The van der Waals surface area contributed by atoms with Crippen molar-refractivity contribution in [2.75, 3.05) is 26.2 Å². The topological polar surface area (TPSA) is 60.9 Å². The Morgan fingerprint density at radius 2 is 1.96 bits per heavy atom. The van der Waals surface area contributed by atoms with E-state index in [1.165, 1.54) is 0 Å². The predicted molar refractivity (Wildman–Crippen MR) is 91.9 cm³/mol. The number of hydrogen-bond donors (Lipinski definition) is 1. The molecule has 0 radical (unpaired) electrons. The molecular weight excluding hydrogens is 304 g/mol. The summed E-state index contributed by atoms with van der Waals surface area (Å²) in [4.78, 5) is 28.4. The molecule has 1 aromatic carbocycles. The first-order chi connectivity index (χ1) is 11.5. The highest BCUT2D eigenvalue weighted by atomic mass is 16.3. The van der Waals surface area contributed by atoms with Crippen LogP contribution < -0.4 is 0 Å². The smallest absolute Gasteiger partial charge is 0.257 e. The van der Waals surface area contributed by atoms with Crippen LogP contribution in [0.15, 0.2) is 18.2 Å². The number of aromatic hydroxyl groups is 1. The first-order valence-corrected chi connectivity index (χ1v) is 8.81. The van der Waals surface area contributed by atoms with Gasteiger partial charge >= 0.3 is 0 Å². The number of aryl methyl sites for hydroxylation is 1. The SMILES string of the molecule is CCN1CC2(CCC1=O)CCN(C(=O)c1cccc(C)c1O)CC2. The van der Waals surface area contributed by atoms with E-state index in [1.54, 1.807) is 25.1 Å². The van der Waals surface area contributed by atoms with Crippen molar-refractivity contribution < 1.29 is 14.7 Å². The number of rotatable bonds is 2. The quantitative estimate of drug-likeness (QED) is 0.906. The van der Waals surface area contributed by atoms with Gasteiger partial charge in [-0.3, -0.25) is 9.59 Å². The number of hydrogen-bond acceptors (Lipinski definition) is 3. The Bertz CT molecular complexity index is 648. The van der Waals surface area contributed by atoms with Crippen LogP contribution in [0.1, 0.15) is 48.5 Å². The zero-order valence-corrected chi connectivity index (χ0v) is 14.5. The average Bonchev–Trinajstić information content (AvgIpc) is 2.60. The third kappa shape index (κ3) is 2.99. The molecule has 24 heavy (non-hydrogen) atoms. The van der Waals surface area contributed by atoms with Crippen molar-refractivity contribution >= 4 is 11.8 Å². The van der Waals surface area contributed by atoms with Crippen LogP contribution in [0.3, 0.4) is 0 Å². The van der Waals surface area contributed by atoms with Gasteiger partial charge in [-0.05, 0) is 50.2 Å². The van der Waals surface area contributed by atoms with Crippen LogP contribution in [0.2, 0.25) is 0 Å². The number of likely N-dealkylation sites (tertiary alicyclic amines) is 2. The Balaban J connectivity index is 1.68. The van der Waals surface area contributed by atoms with E-state index in [2.05, 4.69) is 0 Å². The second-order valence-corrected chi connectivity index (χ2v) is 7.17. The van der Waals surface area contributed by atoms with Crippen LogP contribution in [0.4, 0.5) is 0 Å². The second kappa shape index (κ2) is 6.46. The predicted octanol–water partition coefficient (Wildman–Crippen LogP) is 2.57. The van der Waals surface area contributed by atoms with Gasteiger partial charge in [0.1, 0.15) is 5.75 Å². The number of carbonyl (C=O) groups excluding carboxylic acids is 2. The van der Waals surface area contributed by atoms with Gasteiger partial charge in [0.15, 0.2) is 0 Å². The Hall–Kier alpha value is -2.04. The lowest BCUT2D eigenvalue weighted by Crippen LogP contribution is -2.52. The molecule has 1 spiro atoms. The Morgan fingerprint density at radius 3 is 2.62 bits per heavy atom. The van der Waals surface area contributed by atoms with E-state index in [9.17, 15) is 14.7 Å². The summed E-state index contributed by atoms with van der Waals surface area (Å²) >= 11 is 0. The second-order valence-electron chi connectivity index (χ2n) is 7.17. The maximum Gasteiger partial charge on any atom is 0.257 e. The molecule has 0 bridgehead atoms. The van der Waals surface area contributed by atoms with Crippen molar-refractivity contribution in [3.05, 3.63) is 29.3 Å². The lowest BCUT2D eigenvalue weighted by molar-refractivity contribution is -0.138. The van der Waals surface area contributed by atoms with E-state index in [-0.39, 0.29) is 23.0 Å². The standard InChI is InChI=1S/C19H26N2O3/c1-3-20-13-19(8-7-16(20)22)9-11-21(12-10-19)18(24)15-6-4-5-14(2)17(15)23/h4-6,23H,3,7-13H2,1-2H3. The van der Waals surface area contributed by atoms with Crippen LogP contribution in [-0.4, -0.2) is 52.9 Å². The van der Waals surface area contributed by atoms with Gasteiger partial charge in [0, 0.05) is 32.6 Å². The van der Waals surface area contributed by atoms with E-state index in [0.717, 1.165) is 37.9 Å². The maximum atomic E-state index is 12.7. The fourth-order valence-corrected chi connectivity index (χ4v) is 3.98. The zero-order valence-electron chi connectivity index (χ0n) is 14.5. The summed E-state index contributed by atoms with van der Waals surface area (Å²) in [5.74, 6) is 0.250. The minimum Gasteiger partial charge on any atom is -0.507 e. The zero-order chi connectivity index (χ0) is 17.3. The number of phenolic OH excluding ortho intramolecular Hbond substituents is 1. The fraction of sp³-hybridized carbons (Fsp3) is 0.579. The van der Waals surface area contributed by atoms with E-state index in [0.29, 0.717) is 25.1 Å². The van der Waals surface area contributed by atoms with Gasteiger partial charge < -0.3 is 14.9 Å². The summed E-state index contributed by atoms with van der Waals surface area (Å²) in [6, 6.07) is 5.29. The van der Waals surface area contributed by atoms with Gasteiger partial charge in [0.25, 0.3) is 5.91 Å². The first-order valence-electron chi connectivity index (χ1n) is 8.81. The lowest BCUT2D eigenvalue weighted by Gasteiger charge is -2.47. The average molecular weight is 330 g/mol. The summed E-state index contributed by atoms with van der Waals surface area (Å²) in [5.41, 5.74) is 1.27. The summed E-state index contributed by atoms with van der Waals surface area (Å²) in [6.07, 6.45) is 3.41. The molecule has 3 rings (SSSR count). The Labute approximate surface area is 143 Å². The summed E-state index contributed by atoms with van der Waals surface area (Å²) in [6.45, 7) is 6.79. The van der Waals surface area contributed by atoms with E-state index in [4.69, 9.17) is 0 Å². The molecule has 5 nitrogen and oxygen atoms in total. The molecule has 2 aliphatic rings. The molecule has 130 valence electrons. The van der Waals surface area contributed by atoms with Crippen molar-refractivity contribution in [3.8, 4) is 5.75 Å². The molecule has 0 aliphatic carbocycles. The molecular formula is C19H26N2O3. The van der Waals surface area contributed by atoms with Gasteiger partial charge in [0.2, 0.25) is 5.91 Å². The van der Waals surface area contributed by atoms with Crippen molar-refractivity contribution in [1.29, 1.82) is 0 Å². The minimum absolute atomic E-state index is 0.0863. The molecule has 1 N–H and O–H groups in total. The van der Waals surface area contributed by atoms with Crippen molar-refractivity contribution in [1.82, 2.24) is 9.80 Å². The maximum absolute atomic E-state index is 12.7. The molecule has 0 atom stereocenters. The molecule has 2 saturated heterocycles. The van der Waals surface area contributed by atoms with Gasteiger partial charge in [0.05, 0.1) is 5.56 Å². The van der Waals surface area contributed by atoms with Gasteiger partial charge in [-0.25, -0.2) is 0 Å². The number of phenols is 1.